The second-order valence-corrected chi connectivity index (χ2v) is 11.4. The van der Waals surface area contributed by atoms with Crippen LogP contribution in [0.15, 0.2) is 59.5 Å². The minimum absolute atomic E-state index is 0.00960. The van der Waals surface area contributed by atoms with Crippen molar-refractivity contribution in [2.45, 2.75) is 68.4 Å². The first-order valence-electron chi connectivity index (χ1n) is 12.5. The Bertz CT molecular complexity index is 1260. The molecule has 0 radical (unpaired) electrons. The molecule has 0 bridgehead atoms. The number of nitriles is 1. The molecule has 2 aromatic carbocycles. The van der Waals surface area contributed by atoms with E-state index in [4.69, 9.17) is 0 Å². The molecule has 2 amide bonds. The Hall–Kier alpha value is -3.08. The minimum atomic E-state index is -0.311. The summed E-state index contributed by atoms with van der Waals surface area (Å²) in [6.45, 7) is 3.96. The van der Waals surface area contributed by atoms with Crippen LogP contribution in [0.2, 0.25) is 0 Å². The van der Waals surface area contributed by atoms with Gasteiger partial charge < -0.3 is 10.6 Å². The molecule has 1 aromatic heterocycles. The highest BCUT2D eigenvalue weighted by Gasteiger charge is 2.28. The van der Waals surface area contributed by atoms with Crippen LogP contribution in [-0.4, -0.2) is 17.1 Å². The maximum absolute atomic E-state index is 13.3. The first kappa shape index (κ1) is 26.0. The number of nitrogens with one attached hydrogen (secondary N) is 2. The molecule has 186 valence electrons. The highest BCUT2D eigenvalue weighted by molar-refractivity contribution is 8.00. The van der Waals surface area contributed by atoms with E-state index in [0.717, 1.165) is 41.8 Å². The number of rotatable bonds is 9. The van der Waals surface area contributed by atoms with Crippen molar-refractivity contribution < 1.29 is 9.59 Å². The molecule has 2 unspecified atom stereocenters. The Balaban J connectivity index is 1.46. The van der Waals surface area contributed by atoms with Gasteiger partial charge in [-0.15, -0.1) is 23.1 Å². The molecule has 1 aliphatic carbocycles. The van der Waals surface area contributed by atoms with E-state index in [1.165, 1.54) is 22.2 Å². The van der Waals surface area contributed by atoms with Crippen LogP contribution in [0.5, 0.6) is 0 Å². The smallest absolute Gasteiger partial charge is 0.238 e. The molecule has 1 aliphatic rings. The average molecular weight is 518 g/mol. The zero-order valence-electron chi connectivity index (χ0n) is 20.7. The van der Waals surface area contributed by atoms with Gasteiger partial charge in [0.05, 0.1) is 10.8 Å². The first-order valence-corrected chi connectivity index (χ1v) is 14.2. The molecule has 0 spiro atoms. The van der Waals surface area contributed by atoms with Gasteiger partial charge in [0.2, 0.25) is 11.8 Å². The number of fused-ring (bicyclic) bond motifs is 1. The summed E-state index contributed by atoms with van der Waals surface area (Å²) in [6, 6.07) is 20.5. The zero-order valence-corrected chi connectivity index (χ0v) is 22.3. The van der Waals surface area contributed by atoms with E-state index in [2.05, 4.69) is 41.0 Å². The van der Waals surface area contributed by atoms with Gasteiger partial charge in [-0.3, -0.25) is 9.59 Å². The fraction of sp³-hybridized carbons (Fsp3) is 0.345. The van der Waals surface area contributed by atoms with Crippen molar-refractivity contribution in [3.05, 3.63) is 76.2 Å². The van der Waals surface area contributed by atoms with Crippen molar-refractivity contribution in [1.82, 2.24) is 0 Å². The molecule has 1 heterocycles. The maximum Gasteiger partial charge on any atom is 0.238 e. The van der Waals surface area contributed by atoms with E-state index >= 15 is 0 Å². The largest absolute Gasteiger partial charge is 0.326 e. The van der Waals surface area contributed by atoms with Crippen LogP contribution < -0.4 is 10.6 Å². The normalized spacial score (nSPS) is 15.4. The third-order valence-corrected chi connectivity index (χ3v) is 8.95. The lowest BCUT2D eigenvalue weighted by Crippen LogP contribution is -2.24. The summed E-state index contributed by atoms with van der Waals surface area (Å²) in [7, 11) is 0. The van der Waals surface area contributed by atoms with Crippen LogP contribution in [0.1, 0.15) is 67.0 Å². The number of benzene rings is 2. The Morgan fingerprint density at radius 2 is 1.94 bits per heavy atom. The molecule has 5 nitrogen and oxygen atoms in total. The van der Waals surface area contributed by atoms with Gasteiger partial charge in [-0.25, -0.2) is 0 Å². The van der Waals surface area contributed by atoms with Gasteiger partial charge in [0.15, 0.2) is 0 Å². The third kappa shape index (κ3) is 6.18. The number of thiophene rings is 1. The van der Waals surface area contributed by atoms with Gasteiger partial charge in [0.1, 0.15) is 11.1 Å². The average Bonchev–Trinajstić information content (AvgIpc) is 3.24. The summed E-state index contributed by atoms with van der Waals surface area (Å²) in [6.07, 6.45) is 4.68. The zero-order chi connectivity index (χ0) is 25.5. The van der Waals surface area contributed by atoms with E-state index < -0.39 is 0 Å². The Kier molecular flexibility index (Phi) is 8.84. The number of anilines is 2. The monoisotopic (exact) mass is 517 g/mol. The maximum atomic E-state index is 13.3. The van der Waals surface area contributed by atoms with Gasteiger partial charge in [-0.1, -0.05) is 50.2 Å². The number of hydrogen-bond donors (Lipinski definition) is 2. The van der Waals surface area contributed by atoms with Crippen molar-refractivity contribution in [3.63, 3.8) is 0 Å². The summed E-state index contributed by atoms with van der Waals surface area (Å²) in [4.78, 5) is 27.3. The molecule has 0 fully saturated rings. The lowest BCUT2D eigenvalue weighted by Gasteiger charge is -2.22. The van der Waals surface area contributed by atoms with Crippen molar-refractivity contribution in [1.29, 1.82) is 5.26 Å². The number of amides is 2. The van der Waals surface area contributed by atoms with Gasteiger partial charge in [0, 0.05) is 21.9 Å². The highest BCUT2D eigenvalue weighted by Crippen LogP contribution is 2.42. The molecule has 3 aromatic rings. The molecule has 7 heteroatoms. The van der Waals surface area contributed by atoms with Crippen molar-refractivity contribution in [2.75, 3.05) is 10.6 Å². The number of hydrogen-bond acceptors (Lipinski definition) is 5. The third-order valence-electron chi connectivity index (χ3n) is 6.42. The molecule has 36 heavy (non-hydrogen) atoms. The molecular weight excluding hydrogens is 486 g/mol. The molecule has 2 N–H and O–H groups in total. The number of carbonyl (C=O) groups excluding carboxylic acids is 2. The quantitative estimate of drug-likeness (QED) is 0.296. The highest BCUT2D eigenvalue weighted by atomic mass is 32.2. The van der Waals surface area contributed by atoms with Crippen LogP contribution in [0.4, 0.5) is 10.7 Å². The molecule has 4 rings (SSSR count). The van der Waals surface area contributed by atoms with Gasteiger partial charge in [0.25, 0.3) is 0 Å². The summed E-state index contributed by atoms with van der Waals surface area (Å²) < 4.78 is 0. The van der Waals surface area contributed by atoms with Crippen molar-refractivity contribution >= 4 is 45.6 Å². The second-order valence-electron chi connectivity index (χ2n) is 9.00. The Morgan fingerprint density at radius 1 is 1.14 bits per heavy atom. The van der Waals surface area contributed by atoms with Gasteiger partial charge in [-0.05, 0) is 67.3 Å². The number of carbonyl (C=O) groups is 2. The van der Waals surface area contributed by atoms with E-state index in [-0.39, 0.29) is 17.1 Å². The first-order chi connectivity index (χ1) is 17.5. The van der Waals surface area contributed by atoms with Crippen molar-refractivity contribution in [2.24, 2.45) is 0 Å². The lowest BCUT2D eigenvalue weighted by atomic mass is 9.83. The summed E-state index contributed by atoms with van der Waals surface area (Å²) in [5.74, 6) is 0.332. The van der Waals surface area contributed by atoms with Crippen LogP contribution in [0.3, 0.4) is 0 Å². The Morgan fingerprint density at radius 3 is 2.67 bits per heavy atom. The number of thioether (sulfide) groups is 1. The minimum Gasteiger partial charge on any atom is -0.326 e. The summed E-state index contributed by atoms with van der Waals surface area (Å²) in [5, 5.41) is 16.2. The molecular formula is C29H31N3O2S2. The lowest BCUT2D eigenvalue weighted by molar-refractivity contribution is -0.116. The number of nitrogens with zero attached hydrogens (tertiary/aromatic N) is 1. The fourth-order valence-corrected chi connectivity index (χ4v) is 6.87. The van der Waals surface area contributed by atoms with Crippen molar-refractivity contribution in [3.8, 4) is 6.07 Å². The van der Waals surface area contributed by atoms with Gasteiger partial charge in [-0.2, -0.15) is 5.26 Å². The topological polar surface area (TPSA) is 82.0 Å². The SMILES string of the molecule is CCCC(=O)Nc1cccc(SC(CC)C(=O)Nc2sc3c(c2C#N)CCC(c2ccccc2)C3)c1. The van der Waals surface area contributed by atoms with Crippen LogP contribution in [0, 0.1) is 11.3 Å². The second kappa shape index (κ2) is 12.2. The van der Waals surface area contributed by atoms with E-state index in [9.17, 15) is 14.9 Å². The standard InChI is InChI=1S/C29H31N3O2S2/c1-3-9-27(33)31-21-12-8-13-22(17-21)35-25(4-2)28(34)32-29-24(18-30)23-15-14-20(16-26(23)36-29)19-10-6-5-7-11-19/h5-8,10-13,17,20,25H,3-4,9,14-16H2,1-2H3,(H,31,33)(H,32,34). The Labute approximate surface area is 221 Å². The molecule has 0 saturated heterocycles. The predicted molar refractivity (Wildman–Crippen MR) is 149 cm³/mol. The summed E-state index contributed by atoms with van der Waals surface area (Å²) >= 11 is 3.03. The van der Waals surface area contributed by atoms with E-state index in [1.807, 2.05) is 44.2 Å². The van der Waals surface area contributed by atoms with Crippen LogP contribution >= 0.6 is 23.1 Å². The summed E-state index contributed by atoms with van der Waals surface area (Å²) in [5.41, 5.74) is 3.78. The van der Waals surface area contributed by atoms with Crippen LogP contribution in [-0.2, 0) is 22.4 Å². The molecule has 2 atom stereocenters. The predicted octanol–water partition coefficient (Wildman–Crippen LogP) is 7.14. The van der Waals surface area contributed by atoms with E-state index in [1.54, 1.807) is 11.3 Å². The fourth-order valence-electron chi connectivity index (χ4n) is 4.58. The molecule has 0 aliphatic heterocycles. The van der Waals surface area contributed by atoms with Gasteiger partial charge >= 0.3 is 0 Å². The van der Waals surface area contributed by atoms with Crippen LogP contribution in [0.25, 0.3) is 0 Å². The molecule has 0 saturated carbocycles. The van der Waals surface area contributed by atoms with E-state index in [0.29, 0.717) is 29.3 Å².